The Morgan fingerprint density at radius 3 is 2.70 bits per heavy atom. The van der Waals surface area contributed by atoms with Crippen molar-refractivity contribution < 1.29 is 28.6 Å². The van der Waals surface area contributed by atoms with E-state index in [-0.39, 0.29) is 27.3 Å². The molecule has 1 aromatic rings. The summed E-state index contributed by atoms with van der Waals surface area (Å²) in [6, 6.07) is 6.98. The van der Waals surface area contributed by atoms with Crippen LogP contribution in [-0.2, 0) is 23.9 Å². The summed E-state index contributed by atoms with van der Waals surface area (Å²) in [5, 5.41) is 13.1. The molecule has 2 atom stereocenters. The van der Waals surface area contributed by atoms with Gasteiger partial charge in [0.2, 0.25) is 11.8 Å². The largest absolute Gasteiger partial charge is 0.492 e. The highest BCUT2D eigenvalue weighted by molar-refractivity contribution is 8.03. The topological polar surface area (TPSA) is 118 Å². The normalized spacial score (nSPS) is 20.7. The molecule has 1 aromatic carbocycles. The third-order valence-electron chi connectivity index (χ3n) is 5.30. The average molecular weight is 494 g/mol. The number of carbonyl (C=O) groups is 3. The van der Waals surface area contributed by atoms with Crippen molar-refractivity contribution in [3.8, 4) is 11.8 Å². The van der Waals surface area contributed by atoms with Crippen molar-refractivity contribution in [2.24, 2.45) is 5.92 Å². The van der Waals surface area contributed by atoms with E-state index >= 15 is 0 Å². The van der Waals surface area contributed by atoms with Crippen LogP contribution in [0.2, 0.25) is 5.02 Å². The number of methoxy groups -OCH3 is 1. The lowest BCUT2D eigenvalue weighted by Gasteiger charge is -2.31. The number of rotatable bonds is 7. The van der Waals surface area contributed by atoms with Crippen LogP contribution in [0.15, 0.2) is 28.8 Å². The number of carbonyl (C=O) groups excluding carboxylic acids is 3. The van der Waals surface area contributed by atoms with Crippen molar-refractivity contribution in [2.45, 2.75) is 12.8 Å². The fourth-order valence-corrected chi connectivity index (χ4v) is 4.90. The maximum absolute atomic E-state index is 12.9. The summed E-state index contributed by atoms with van der Waals surface area (Å²) in [5.74, 6) is -3.24. The first-order chi connectivity index (χ1) is 15.9. The summed E-state index contributed by atoms with van der Waals surface area (Å²) >= 11 is 7.39. The van der Waals surface area contributed by atoms with Crippen molar-refractivity contribution in [1.29, 1.82) is 5.26 Å². The Hall–Kier alpha value is -2.74. The zero-order valence-electron chi connectivity index (χ0n) is 18.3. The number of thioether (sulfide) groups is 1. The number of esters is 1. The summed E-state index contributed by atoms with van der Waals surface area (Å²) in [6.07, 6.45) is 0. The smallest absolute Gasteiger partial charge is 0.319 e. The monoisotopic (exact) mass is 493 g/mol. The molecular formula is C22H24ClN3O6S. The molecule has 2 heterocycles. The molecule has 0 aliphatic carbocycles. The Morgan fingerprint density at radius 2 is 2.09 bits per heavy atom. The minimum atomic E-state index is -1.28. The lowest BCUT2D eigenvalue weighted by atomic mass is 9.78. The van der Waals surface area contributed by atoms with Gasteiger partial charge in [-0.15, -0.1) is 0 Å². The van der Waals surface area contributed by atoms with E-state index in [1.54, 1.807) is 23.1 Å². The molecule has 11 heteroatoms. The molecule has 0 saturated carbocycles. The van der Waals surface area contributed by atoms with Crippen molar-refractivity contribution in [1.82, 2.24) is 10.2 Å². The van der Waals surface area contributed by atoms with Gasteiger partial charge >= 0.3 is 5.97 Å². The molecule has 1 fully saturated rings. The van der Waals surface area contributed by atoms with Gasteiger partial charge in [0.15, 0.2) is 0 Å². The minimum absolute atomic E-state index is 0.0282. The number of benzene rings is 1. The van der Waals surface area contributed by atoms with E-state index in [0.29, 0.717) is 44.2 Å². The van der Waals surface area contributed by atoms with Gasteiger partial charge in [-0.1, -0.05) is 29.4 Å². The number of morpholine rings is 1. The molecule has 0 bridgehead atoms. The summed E-state index contributed by atoms with van der Waals surface area (Å²) in [6.45, 7) is 4.17. The van der Waals surface area contributed by atoms with Gasteiger partial charge in [0.25, 0.3) is 0 Å². The van der Waals surface area contributed by atoms with Gasteiger partial charge in [0.05, 0.1) is 54.4 Å². The number of halogens is 1. The number of nitrogens with one attached hydrogen (secondary N) is 1. The van der Waals surface area contributed by atoms with Gasteiger partial charge in [0, 0.05) is 19.0 Å². The van der Waals surface area contributed by atoms with Crippen molar-refractivity contribution in [2.75, 3.05) is 45.8 Å². The number of allylic oxidation sites excluding steroid dienone is 1. The van der Waals surface area contributed by atoms with Crippen LogP contribution in [0, 0.1) is 17.2 Å². The van der Waals surface area contributed by atoms with Gasteiger partial charge in [-0.05, 0) is 24.6 Å². The molecule has 1 N–H and O–H groups in total. The van der Waals surface area contributed by atoms with E-state index in [4.69, 9.17) is 25.8 Å². The standard InChI is InChI=1S/C22H24ClN3O6S/c1-3-32-16-5-4-13(10-15(16)23)18-14(11-24)21(25-20(28)19(18)22(29)30-2)33-12-17(27)26-6-8-31-9-7-26/h4-5,10,18-19H,3,6-9,12H2,1-2H3,(H,25,28)/t18-,19+/m1/s1. The van der Waals surface area contributed by atoms with Crippen molar-refractivity contribution in [3.05, 3.63) is 39.4 Å². The van der Waals surface area contributed by atoms with Gasteiger partial charge in [-0.2, -0.15) is 5.26 Å². The third kappa shape index (κ3) is 5.61. The molecule has 3 rings (SSSR count). The summed E-state index contributed by atoms with van der Waals surface area (Å²) in [4.78, 5) is 39.6. The first-order valence-corrected chi connectivity index (χ1v) is 11.7. The Labute approximate surface area is 201 Å². The molecule has 176 valence electrons. The van der Waals surface area contributed by atoms with Crippen molar-refractivity contribution >= 4 is 41.1 Å². The molecule has 0 radical (unpaired) electrons. The fraction of sp³-hybridized carbons (Fsp3) is 0.455. The Balaban J connectivity index is 1.95. The quantitative estimate of drug-likeness (QED) is 0.453. The highest BCUT2D eigenvalue weighted by Gasteiger charge is 2.44. The molecule has 2 aliphatic rings. The molecule has 2 aliphatic heterocycles. The predicted molar refractivity (Wildman–Crippen MR) is 122 cm³/mol. The van der Waals surface area contributed by atoms with Crippen LogP contribution in [0.25, 0.3) is 0 Å². The molecule has 1 saturated heterocycles. The van der Waals surface area contributed by atoms with Gasteiger partial charge in [0.1, 0.15) is 11.7 Å². The maximum Gasteiger partial charge on any atom is 0.319 e. The molecular weight excluding hydrogens is 470 g/mol. The van der Waals surface area contributed by atoms with Crippen LogP contribution in [0.3, 0.4) is 0 Å². The lowest BCUT2D eigenvalue weighted by Crippen LogP contribution is -2.45. The Bertz CT molecular complexity index is 1000. The first kappa shape index (κ1) is 24.9. The lowest BCUT2D eigenvalue weighted by molar-refractivity contribution is -0.150. The van der Waals surface area contributed by atoms with Crippen LogP contribution in [-0.4, -0.2) is 68.5 Å². The number of nitriles is 1. The molecule has 0 aromatic heterocycles. The maximum atomic E-state index is 12.9. The van der Waals surface area contributed by atoms with Crippen LogP contribution in [0.5, 0.6) is 5.75 Å². The van der Waals surface area contributed by atoms with E-state index in [0.717, 1.165) is 11.8 Å². The van der Waals surface area contributed by atoms with Crippen molar-refractivity contribution in [3.63, 3.8) is 0 Å². The fourth-order valence-electron chi connectivity index (χ4n) is 3.70. The molecule has 0 spiro atoms. The van der Waals surface area contributed by atoms with Gasteiger partial charge in [-0.3, -0.25) is 14.4 Å². The van der Waals surface area contributed by atoms with Crippen LogP contribution < -0.4 is 10.1 Å². The number of amides is 2. The first-order valence-electron chi connectivity index (χ1n) is 10.3. The van der Waals surface area contributed by atoms with Crippen LogP contribution in [0.4, 0.5) is 0 Å². The molecule has 33 heavy (non-hydrogen) atoms. The predicted octanol–water partition coefficient (Wildman–Crippen LogP) is 2.07. The summed E-state index contributed by atoms with van der Waals surface area (Å²) in [5.41, 5.74) is 0.646. The van der Waals surface area contributed by atoms with Gasteiger partial charge < -0.3 is 24.4 Å². The number of ether oxygens (including phenoxy) is 3. The summed E-state index contributed by atoms with van der Waals surface area (Å²) < 4.78 is 15.6. The van der Waals surface area contributed by atoms with E-state index in [1.165, 1.54) is 7.11 Å². The highest BCUT2D eigenvalue weighted by atomic mass is 35.5. The molecule has 9 nitrogen and oxygen atoms in total. The van der Waals surface area contributed by atoms with Crippen LogP contribution in [0.1, 0.15) is 18.4 Å². The second-order valence-corrected chi connectivity index (χ2v) is 8.62. The number of nitrogens with zero attached hydrogens (tertiary/aromatic N) is 2. The number of hydrogen-bond donors (Lipinski definition) is 1. The molecule has 2 amide bonds. The average Bonchev–Trinajstić information content (AvgIpc) is 2.83. The van der Waals surface area contributed by atoms with E-state index in [9.17, 15) is 19.6 Å². The number of hydrogen-bond acceptors (Lipinski definition) is 8. The SMILES string of the molecule is CCOc1ccc([C@@H]2C(C#N)=C(SCC(=O)N3CCOCC3)NC(=O)[C@H]2C(=O)OC)cc1Cl. The zero-order chi connectivity index (χ0) is 24.0. The second kappa shape index (κ2) is 11.4. The second-order valence-electron chi connectivity index (χ2n) is 7.23. The Kier molecular flexibility index (Phi) is 8.61. The summed E-state index contributed by atoms with van der Waals surface area (Å²) in [7, 11) is 1.18. The van der Waals surface area contributed by atoms with E-state index < -0.39 is 23.7 Å². The highest BCUT2D eigenvalue weighted by Crippen LogP contribution is 2.42. The van der Waals surface area contributed by atoms with Crippen LogP contribution >= 0.6 is 23.4 Å². The minimum Gasteiger partial charge on any atom is -0.492 e. The third-order valence-corrected chi connectivity index (χ3v) is 6.60. The zero-order valence-corrected chi connectivity index (χ0v) is 19.8. The van der Waals surface area contributed by atoms with Gasteiger partial charge in [-0.25, -0.2) is 0 Å². The molecule has 0 unspecified atom stereocenters. The van der Waals surface area contributed by atoms with E-state index in [2.05, 4.69) is 11.4 Å². The Morgan fingerprint density at radius 1 is 1.36 bits per heavy atom. The van der Waals surface area contributed by atoms with E-state index in [1.807, 2.05) is 6.92 Å².